The summed E-state index contributed by atoms with van der Waals surface area (Å²) in [5.74, 6) is -0.179. The van der Waals surface area contributed by atoms with Gasteiger partial charge in [0.1, 0.15) is 6.54 Å². The third kappa shape index (κ3) is 3.24. The molecule has 0 saturated heterocycles. The number of carbonyl (C=O) groups excluding carboxylic acids is 2. The number of likely N-dealkylation sites (N-methyl/N-ethyl adjacent to an activating group) is 1. The number of H-pyrrole nitrogens is 1. The van der Waals surface area contributed by atoms with E-state index in [0.29, 0.717) is 12.1 Å². The van der Waals surface area contributed by atoms with Crippen LogP contribution in [0.5, 0.6) is 0 Å². The van der Waals surface area contributed by atoms with Gasteiger partial charge in [0.25, 0.3) is 5.91 Å². The van der Waals surface area contributed by atoms with Gasteiger partial charge in [-0.2, -0.15) is 0 Å². The molecule has 2 rings (SSSR count). The molecule has 21 heavy (non-hydrogen) atoms. The number of aromatic nitrogens is 1. The summed E-state index contributed by atoms with van der Waals surface area (Å²) in [4.78, 5) is 30.8. The number of amides is 2. The Morgan fingerprint density at radius 3 is 2.57 bits per heavy atom. The van der Waals surface area contributed by atoms with E-state index in [9.17, 15) is 9.59 Å². The molecule has 112 valence electrons. The Bertz CT molecular complexity index is 646. The second-order valence-electron chi connectivity index (χ2n) is 5.26. The van der Waals surface area contributed by atoms with Crippen molar-refractivity contribution in [1.82, 2.24) is 14.8 Å². The van der Waals surface area contributed by atoms with Gasteiger partial charge in [0, 0.05) is 37.7 Å². The van der Waals surface area contributed by atoms with Gasteiger partial charge in [-0.05, 0) is 12.5 Å². The van der Waals surface area contributed by atoms with Gasteiger partial charge < -0.3 is 14.8 Å². The number of aromatic amines is 1. The predicted molar refractivity (Wildman–Crippen MR) is 83.2 cm³/mol. The van der Waals surface area contributed by atoms with E-state index < -0.39 is 0 Å². The van der Waals surface area contributed by atoms with Gasteiger partial charge in [0.15, 0.2) is 0 Å². The summed E-state index contributed by atoms with van der Waals surface area (Å²) in [6, 6.07) is 7.67. The molecule has 0 fully saturated rings. The van der Waals surface area contributed by atoms with Crippen LogP contribution >= 0.6 is 0 Å². The van der Waals surface area contributed by atoms with Crippen LogP contribution in [-0.2, 0) is 4.79 Å². The Labute approximate surface area is 124 Å². The Hall–Kier alpha value is -2.30. The van der Waals surface area contributed by atoms with Gasteiger partial charge >= 0.3 is 0 Å². The maximum absolute atomic E-state index is 12.7. The quantitative estimate of drug-likeness (QED) is 0.915. The Kier molecular flexibility index (Phi) is 4.62. The number of nitrogens with one attached hydrogen (secondary N) is 1. The summed E-state index contributed by atoms with van der Waals surface area (Å²) < 4.78 is 0. The highest BCUT2D eigenvalue weighted by Crippen LogP contribution is 2.19. The van der Waals surface area contributed by atoms with E-state index in [1.165, 1.54) is 4.90 Å². The second-order valence-corrected chi connectivity index (χ2v) is 5.26. The molecule has 0 radical (unpaired) electrons. The summed E-state index contributed by atoms with van der Waals surface area (Å²) in [7, 11) is 3.39. The van der Waals surface area contributed by atoms with Crippen LogP contribution in [0.1, 0.15) is 23.7 Å². The first-order chi connectivity index (χ1) is 10.0. The van der Waals surface area contributed by atoms with Crippen LogP contribution in [0.3, 0.4) is 0 Å². The molecule has 5 nitrogen and oxygen atoms in total. The monoisotopic (exact) mass is 287 g/mol. The molecule has 0 spiro atoms. The fourth-order valence-electron chi connectivity index (χ4n) is 2.25. The molecule has 0 atom stereocenters. The maximum Gasteiger partial charge on any atom is 0.256 e. The number of benzene rings is 1. The fourth-order valence-corrected chi connectivity index (χ4v) is 2.25. The van der Waals surface area contributed by atoms with Crippen molar-refractivity contribution >= 4 is 22.7 Å². The lowest BCUT2D eigenvalue weighted by atomic mass is 10.1. The molecule has 0 aliphatic carbocycles. The van der Waals surface area contributed by atoms with Gasteiger partial charge in [0.2, 0.25) is 5.91 Å². The minimum atomic E-state index is -0.107. The van der Waals surface area contributed by atoms with E-state index in [-0.39, 0.29) is 18.4 Å². The molecule has 1 N–H and O–H groups in total. The van der Waals surface area contributed by atoms with Crippen molar-refractivity contribution in [3.8, 4) is 0 Å². The average molecular weight is 287 g/mol. The number of para-hydroxylation sites is 1. The number of fused-ring (bicyclic) bond motifs is 1. The first kappa shape index (κ1) is 15.1. The van der Waals surface area contributed by atoms with Crippen LogP contribution in [0.4, 0.5) is 0 Å². The lowest BCUT2D eigenvalue weighted by Crippen LogP contribution is -2.40. The fraction of sp³-hybridized carbons (Fsp3) is 0.375. The van der Waals surface area contributed by atoms with E-state index in [0.717, 1.165) is 17.3 Å². The standard InChI is InChI=1S/C16H21N3O2/c1-4-9-19(11-15(20)18(2)3)16(21)13-10-17-14-8-6-5-7-12(13)14/h5-8,10,17H,4,9,11H2,1-3H3. The number of nitrogens with zero attached hydrogens (tertiary/aromatic N) is 2. The molecule has 1 heterocycles. The molecule has 1 aromatic carbocycles. The second kappa shape index (κ2) is 6.43. The van der Waals surface area contributed by atoms with Gasteiger partial charge in [-0.15, -0.1) is 0 Å². The minimum Gasteiger partial charge on any atom is -0.360 e. The van der Waals surface area contributed by atoms with Crippen LogP contribution in [0.15, 0.2) is 30.5 Å². The molecular formula is C16H21N3O2. The SMILES string of the molecule is CCCN(CC(=O)N(C)C)C(=O)c1c[nH]c2ccccc12. The van der Waals surface area contributed by atoms with Crippen molar-refractivity contribution in [3.63, 3.8) is 0 Å². The van der Waals surface area contributed by atoms with E-state index in [4.69, 9.17) is 0 Å². The third-order valence-corrected chi connectivity index (χ3v) is 3.43. The molecule has 2 amide bonds. The average Bonchev–Trinajstić information content (AvgIpc) is 2.89. The van der Waals surface area contributed by atoms with Crippen molar-refractivity contribution in [2.45, 2.75) is 13.3 Å². The first-order valence-electron chi connectivity index (χ1n) is 7.10. The lowest BCUT2D eigenvalue weighted by Gasteiger charge is -2.23. The number of rotatable bonds is 5. The molecule has 0 aliphatic rings. The van der Waals surface area contributed by atoms with Crippen molar-refractivity contribution < 1.29 is 9.59 Å². The molecule has 5 heteroatoms. The molecule has 0 saturated carbocycles. The van der Waals surface area contributed by atoms with Gasteiger partial charge in [-0.25, -0.2) is 0 Å². The zero-order valence-corrected chi connectivity index (χ0v) is 12.7. The van der Waals surface area contributed by atoms with Crippen LogP contribution in [-0.4, -0.2) is 53.8 Å². The molecule has 0 unspecified atom stereocenters. The molecule has 1 aromatic heterocycles. The summed E-state index contributed by atoms with van der Waals surface area (Å²) in [6.07, 6.45) is 2.53. The van der Waals surface area contributed by atoms with Crippen molar-refractivity contribution in [2.24, 2.45) is 0 Å². The summed E-state index contributed by atoms with van der Waals surface area (Å²) in [5.41, 5.74) is 1.54. The number of carbonyl (C=O) groups is 2. The summed E-state index contributed by atoms with van der Waals surface area (Å²) in [6.45, 7) is 2.67. The Morgan fingerprint density at radius 2 is 1.90 bits per heavy atom. The van der Waals surface area contributed by atoms with Crippen molar-refractivity contribution in [3.05, 3.63) is 36.0 Å². The molecule has 2 aromatic rings. The normalized spacial score (nSPS) is 10.6. The summed E-state index contributed by atoms with van der Waals surface area (Å²) >= 11 is 0. The Morgan fingerprint density at radius 1 is 1.19 bits per heavy atom. The van der Waals surface area contributed by atoms with Gasteiger partial charge in [-0.1, -0.05) is 25.1 Å². The van der Waals surface area contributed by atoms with E-state index in [2.05, 4.69) is 4.98 Å². The van der Waals surface area contributed by atoms with Crippen LogP contribution in [0.2, 0.25) is 0 Å². The predicted octanol–water partition coefficient (Wildman–Crippen LogP) is 2.11. The van der Waals surface area contributed by atoms with Crippen LogP contribution in [0.25, 0.3) is 10.9 Å². The van der Waals surface area contributed by atoms with Gasteiger partial charge in [0.05, 0.1) is 5.56 Å². The summed E-state index contributed by atoms with van der Waals surface area (Å²) in [5, 5.41) is 0.890. The van der Waals surface area contributed by atoms with Crippen LogP contribution < -0.4 is 0 Å². The highest BCUT2D eigenvalue weighted by Gasteiger charge is 2.21. The highest BCUT2D eigenvalue weighted by atomic mass is 16.2. The third-order valence-electron chi connectivity index (χ3n) is 3.43. The smallest absolute Gasteiger partial charge is 0.256 e. The van der Waals surface area contributed by atoms with Gasteiger partial charge in [-0.3, -0.25) is 9.59 Å². The van der Waals surface area contributed by atoms with E-state index >= 15 is 0 Å². The Balaban J connectivity index is 2.27. The lowest BCUT2D eigenvalue weighted by molar-refractivity contribution is -0.129. The topological polar surface area (TPSA) is 56.4 Å². The molecular weight excluding hydrogens is 266 g/mol. The highest BCUT2D eigenvalue weighted by molar-refractivity contribution is 6.07. The van der Waals surface area contributed by atoms with Crippen LogP contribution in [0, 0.1) is 0 Å². The zero-order chi connectivity index (χ0) is 15.4. The first-order valence-corrected chi connectivity index (χ1v) is 7.10. The zero-order valence-electron chi connectivity index (χ0n) is 12.7. The van der Waals surface area contributed by atoms with E-state index in [1.807, 2.05) is 31.2 Å². The molecule has 0 aliphatic heterocycles. The van der Waals surface area contributed by atoms with Crippen molar-refractivity contribution in [2.75, 3.05) is 27.2 Å². The number of hydrogen-bond donors (Lipinski definition) is 1. The largest absolute Gasteiger partial charge is 0.360 e. The minimum absolute atomic E-state index is 0.0726. The molecule has 0 bridgehead atoms. The maximum atomic E-state index is 12.7. The van der Waals surface area contributed by atoms with E-state index in [1.54, 1.807) is 25.2 Å². The van der Waals surface area contributed by atoms with Crippen molar-refractivity contribution in [1.29, 1.82) is 0 Å². The number of hydrogen-bond acceptors (Lipinski definition) is 2.